The maximum absolute atomic E-state index is 11.0. The van der Waals surface area contributed by atoms with E-state index in [0.717, 1.165) is 22.4 Å². The number of rotatable bonds is 4. The molecule has 21 heavy (non-hydrogen) atoms. The second-order valence-electron chi connectivity index (χ2n) is 5.07. The van der Waals surface area contributed by atoms with Crippen LogP contribution in [-0.2, 0) is 0 Å². The van der Waals surface area contributed by atoms with Crippen molar-refractivity contribution in [1.29, 1.82) is 0 Å². The van der Waals surface area contributed by atoms with Crippen molar-refractivity contribution < 1.29 is 9.66 Å². The van der Waals surface area contributed by atoms with Gasteiger partial charge in [-0.15, -0.1) is 0 Å². The van der Waals surface area contributed by atoms with E-state index in [1.807, 2.05) is 38.1 Å². The second-order valence-corrected chi connectivity index (χ2v) is 5.07. The normalized spacial score (nSPS) is 12.0. The van der Waals surface area contributed by atoms with Crippen molar-refractivity contribution in [2.45, 2.75) is 19.9 Å². The quantitative estimate of drug-likeness (QED) is 0.691. The fourth-order valence-electron chi connectivity index (χ4n) is 2.30. The lowest BCUT2D eigenvalue weighted by molar-refractivity contribution is -0.385. The Bertz CT molecular complexity index is 683. The van der Waals surface area contributed by atoms with Crippen LogP contribution in [0.25, 0.3) is 0 Å². The Hall–Kier alpha value is -2.40. The van der Waals surface area contributed by atoms with E-state index in [2.05, 4.69) is 0 Å². The molecule has 0 radical (unpaired) electrons. The molecule has 2 aromatic rings. The Labute approximate surface area is 123 Å². The summed E-state index contributed by atoms with van der Waals surface area (Å²) < 4.78 is 5.29. The standard InChI is InChI=1S/C16H18N2O3/c1-10-6-13(8-14(7-10)18(19)20)16(17)12-5-4-11(2)15(9-12)21-3/h4-9,16H,17H2,1-3H3. The Morgan fingerprint density at radius 2 is 1.86 bits per heavy atom. The van der Waals surface area contributed by atoms with Crippen LogP contribution in [-0.4, -0.2) is 12.0 Å². The number of benzene rings is 2. The largest absolute Gasteiger partial charge is 0.496 e. The van der Waals surface area contributed by atoms with Gasteiger partial charge in [0.1, 0.15) is 5.75 Å². The van der Waals surface area contributed by atoms with E-state index in [1.54, 1.807) is 7.11 Å². The van der Waals surface area contributed by atoms with Gasteiger partial charge < -0.3 is 10.5 Å². The number of aryl methyl sites for hydroxylation is 2. The third-order valence-electron chi connectivity index (χ3n) is 3.45. The topological polar surface area (TPSA) is 78.4 Å². The van der Waals surface area contributed by atoms with E-state index >= 15 is 0 Å². The van der Waals surface area contributed by atoms with Gasteiger partial charge in [-0.3, -0.25) is 10.1 Å². The van der Waals surface area contributed by atoms with Gasteiger partial charge in [-0.25, -0.2) is 0 Å². The van der Waals surface area contributed by atoms with E-state index < -0.39 is 11.0 Å². The molecule has 0 bridgehead atoms. The summed E-state index contributed by atoms with van der Waals surface area (Å²) in [6.07, 6.45) is 0. The number of nitrogens with two attached hydrogens (primary N) is 1. The Kier molecular flexibility index (Phi) is 4.23. The van der Waals surface area contributed by atoms with Crippen LogP contribution in [0.15, 0.2) is 36.4 Å². The maximum Gasteiger partial charge on any atom is 0.270 e. The minimum Gasteiger partial charge on any atom is -0.496 e. The summed E-state index contributed by atoms with van der Waals surface area (Å²) in [7, 11) is 1.61. The van der Waals surface area contributed by atoms with E-state index in [1.165, 1.54) is 12.1 Å². The Morgan fingerprint density at radius 3 is 2.48 bits per heavy atom. The van der Waals surface area contributed by atoms with Gasteiger partial charge in [0.15, 0.2) is 0 Å². The monoisotopic (exact) mass is 286 g/mol. The molecule has 5 heteroatoms. The van der Waals surface area contributed by atoms with E-state index in [4.69, 9.17) is 10.5 Å². The molecule has 0 aliphatic heterocycles. The molecular weight excluding hydrogens is 268 g/mol. The number of nitrogens with zero attached hydrogens (tertiary/aromatic N) is 1. The van der Waals surface area contributed by atoms with Crippen molar-refractivity contribution in [3.63, 3.8) is 0 Å². The zero-order chi connectivity index (χ0) is 15.6. The van der Waals surface area contributed by atoms with Crippen LogP contribution in [0.3, 0.4) is 0 Å². The molecule has 2 N–H and O–H groups in total. The van der Waals surface area contributed by atoms with E-state index in [-0.39, 0.29) is 5.69 Å². The fraction of sp³-hybridized carbons (Fsp3) is 0.250. The lowest BCUT2D eigenvalue weighted by Crippen LogP contribution is -2.12. The van der Waals surface area contributed by atoms with Gasteiger partial charge in [-0.05, 0) is 42.2 Å². The Balaban J connectivity index is 2.44. The number of hydrogen-bond donors (Lipinski definition) is 1. The average Bonchev–Trinajstić information content (AvgIpc) is 2.46. The predicted molar refractivity (Wildman–Crippen MR) is 81.6 cm³/mol. The summed E-state index contributed by atoms with van der Waals surface area (Å²) in [6.45, 7) is 3.77. The molecule has 0 heterocycles. The molecule has 110 valence electrons. The van der Waals surface area contributed by atoms with Gasteiger partial charge in [-0.1, -0.05) is 18.2 Å². The van der Waals surface area contributed by atoms with Crippen molar-refractivity contribution in [2.24, 2.45) is 5.73 Å². The van der Waals surface area contributed by atoms with Crippen molar-refractivity contribution in [1.82, 2.24) is 0 Å². The molecule has 2 aromatic carbocycles. The SMILES string of the molecule is COc1cc(C(N)c2cc(C)cc([N+](=O)[O-])c2)ccc1C. The molecule has 5 nitrogen and oxygen atoms in total. The second kappa shape index (κ2) is 5.93. The summed E-state index contributed by atoms with van der Waals surface area (Å²) in [6, 6.07) is 10.2. The lowest BCUT2D eigenvalue weighted by atomic mass is 9.96. The van der Waals surface area contributed by atoms with Crippen LogP contribution < -0.4 is 10.5 Å². The molecule has 0 amide bonds. The average molecular weight is 286 g/mol. The van der Waals surface area contributed by atoms with Crippen LogP contribution in [0.5, 0.6) is 5.75 Å². The first kappa shape index (κ1) is 15.0. The highest BCUT2D eigenvalue weighted by Crippen LogP contribution is 2.28. The number of ether oxygens (including phenoxy) is 1. The minimum atomic E-state index is -0.432. The number of methoxy groups -OCH3 is 1. The number of nitro benzene ring substituents is 1. The molecule has 0 aliphatic carbocycles. The number of nitro groups is 1. The molecular formula is C16H18N2O3. The zero-order valence-corrected chi connectivity index (χ0v) is 12.3. The molecule has 0 aliphatic rings. The number of hydrogen-bond acceptors (Lipinski definition) is 4. The first-order valence-electron chi connectivity index (χ1n) is 6.58. The van der Waals surface area contributed by atoms with Crippen LogP contribution in [0.4, 0.5) is 5.69 Å². The van der Waals surface area contributed by atoms with Gasteiger partial charge in [0, 0.05) is 12.1 Å². The first-order chi connectivity index (χ1) is 9.92. The summed E-state index contributed by atoms with van der Waals surface area (Å²) in [5.74, 6) is 0.755. The van der Waals surface area contributed by atoms with Crippen LogP contribution >= 0.6 is 0 Å². The van der Waals surface area contributed by atoms with Crippen molar-refractivity contribution in [3.8, 4) is 5.75 Å². The minimum absolute atomic E-state index is 0.0551. The molecule has 0 aromatic heterocycles. The molecule has 1 atom stereocenters. The van der Waals surface area contributed by atoms with Gasteiger partial charge >= 0.3 is 0 Å². The molecule has 0 fully saturated rings. The van der Waals surface area contributed by atoms with Crippen LogP contribution in [0.2, 0.25) is 0 Å². The maximum atomic E-state index is 11.0. The molecule has 0 saturated carbocycles. The van der Waals surface area contributed by atoms with Crippen LogP contribution in [0.1, 0.15) is 28.3 Å². The molecule has 2 rings (SSSR count). The van der Waals surface area contributed by atoms with E-state index in [0.29, 0.717) is 5.56 Å². The van der Waals surface area contributed by atoms with Gasteiger partial charge in [0.05, 0.1) is 18.1 Å². The summed E-state index contributed by atoms with van der Waals surface area (Å²) >= 11 is 0. The van der Waals surface area contributed by atoms with E-state index in [9.17, 15) is 10.1 Å². The van der Waals surface area contributed by atoms with Gasteiger partial charge in [-0.2, -0.15) is 0 Å². The first-order valence-corrected chi connectivity index (χ1v) is 6.58. The molecule has 0 spiro atoms. The van der Waals surface area contributed by atoms with Gasteiger partial charge in [0.25, 0.3) is 5.69 Å². The van der Waals surface area contributed by atoms with Crippen molar-refractivity contribution in [2.75, 3.05) is 7.11 Å². The summed E-state index contributed by atoms with van der Waals surface area (Å²) in [5.41, 5.74) is 9.71. The predicted octanol–water partition coefficient (Wildman–Crippen LogP) is 3.27. The highest BCUT2D eigenvalue weighted by Gasteiger charge is 2.15. The fourth-order valence-corrected chi connectivity index (χ4v) is 2.30. The highest BCUT2D eigenvalue weighted by atomic mass is 16.6. The lowest BCUT2D eigenvalue weighted by Gasteiger charge is -2.15. The van der Waals surface area contributed by atoms with Crippen molar-refractivity contribution in [3.05, 3.63) is 68.8 Å². The third kappa shape index (κ3) is 3.20. The summed E-state index contributed by atoms with van der Waals surface area (Å²) in [5, 5.41) is 11.0. The molecule has 1 unspecified atom stereocenters. The zero-order valence-electron chi connectivity index (χ0n) is 12.3. The van der Waals surface area contributed by atoms with Crippen LogP contribution in [0, 0.1) is 24.0 Å². The van der Waals surface area contributed by atoms with Gasteiger partial charge in [0.2, 0.25) is 0 Å². The summed E-state index contributed by atoms with van der Waals surface area (Å²) in [4.78, 5) is 10.6. The smallest absolute Gasteiger partial charge is 0.270 e. The number of non-ortho nitro benzene ring substituents is 1. The molecule has 0 saturated heterocycles. The highest BCUT2D eigenvalue weighted by molar-refractivity contribution is 5.45. The van der Waals surface area contributed by atoms with Crippen molar-refractivity contribution >= 4 is 5.69 Å². The third-order valence-corrected chi connectivity index (χ3v) is 3.45. The Morgan fingerprint density at radius 1 is 1.14 bits per heavy atom.